The van der Waals surface area contributed by atoms with Crippen molar-refractivity contribution < 1.29 is 23.6 Å². The number of nitrogens with zero attached hydrogens (tertiary/aromatic N) is 1. The Labute approximate surface area is 186 Å². The van der Waals surface area contributed by atoms with E-state index < -0.39 is 19.7 Å². The molecule has 0 aliphatic rings. The van der Waals surface area contributed by atoms with Gasteiger partial charge in [0.15, 0.2) is 0 Å². The van der Waals surface area contributed by atoms with Crippen LogP contribution in [0.1, 0.15) is 96.8 Å². The number of hydrogen-bond donors (Lipinski definition) is 3. The third-order valence-corrected chi connectivity index (χ3v) is 6.94. The van der Waals surface area contributed by atoms with Crippen LogP contribution in [-0.2, 0) is 9.09 Å². The summed E-state index contributed by atoms with van der Waals surface area (Å²) >= 11 is 0. The van der Waals surface area contributed by atoms with E-state index in [0.717, 1.165) is 12.8 Å². The van der Waals surface area contributed by atoms with Crippen LogP contribution in [0.15, 0.2) is 0 Å². The zero-order chi connectivity index (χ0) is 22.9. The van der Waals surface area contributed by atoms with Gasteiger partial charge in [-0.1, -0.05) is 90.4 Å². The summed E-state index contributed by atoms with van der Waals surface area (Å²) in [6.07, 6.45) is 16.8. The number of unbranched alkanes of at least 4 members (excludes halogenated alkanes) is 12. The largest absolute Gasteiger partial charge is 0.391 e. The van der Waals surface area contributed by atoms with Crippen molar-refractivity contribution in [3.8, 4) is 0 Å². The topological polar surface area (TPSA) is 92.8 Å². The molecule has 0 radical (unpaired) electrons. The molecule has 3 atom stereocenters. The van der Waals surface area contributed by atoms with Gasteiger partial charge in [0.05, 0.1) is 52.6 Å². The van der Waals surface area contributed by atoms with Gasteiger partial charge in [0, 0.05) is 0 Å². The van der Waals surface area contributed by atoms with Gasteiger partial charge in [-0.3, -0.25) is 4.57 Å². The zero-order valence-corrected chi connectivity index (χ0v) is 21.3. The second-order valence-corrected chi connectivity index (χ2v) is 11.9. The SMILES string of the molecule is CCCCCCCCCCCCCCC[C@@H](O)[C@@H](N)COP(=O)(O)CC[N+](C)(C)C. The summed E-state index contributed by atoms with van der Waals surface area (Å²) < 4.78 is 17.8. The first-order valence-corrected chi connectivity index (χ1v) is 14.0. The Balaban J connectivity index is 3.61. The second-order valence-electron chi connectivity index (χ2n) is 9.93. The standard InChI is InChI=1S/C23H51N2O4P/c1-5-6-7-8-9-10-11-12-13-14-15-16-17-18-23(26)22(24)21-29-30(27,28)20-19-25(2,3)4/h22-23,26H,5-21,24H2,1-4H3/p+1/t22-,23+/m0/s1. The number of rotatable bonds is 21. The zero-order valence-electron chi connectivity index (χ0n) is 20.4. The number of hydrogen-bond acceptors (Lipinski definition) is 4. The molecule has 0 fully saturated rings. The van der Waals surface area contributed by atoms with Crippen molar-refractivity contribution in [1.82, 2.24) is 0 Å². The number of aliphatic hydroxyl groups excluding tert-OH is 1. The Morgan fingerprint density at radius 2 is 1.30 bits per heavy atom. The molecular formula is C23H52N2O4P+. The van der Waals surface area contributed by atoms with Crippen molar-refractivity contribution in [2.75, 3.05) is 40.5 Å². The molecule has 4 N–H and O–H groups in total. The van der Waals surface area contributed by atoms with Crippen LogP contribution in [0.2, 0.25) is 0 Å². The van der Waals surface area contributed by atoms with Gasteiger partial charge >= 0.3 is 7.60 Å². The fourth-order valence-electron chi connectivity index (χ4n) is 3.39. The molecule has 30 heavy (non-hydrogen) atoms. The predicted molar refractivity (Wildman–Crippen MR) is 128 cm³/mol. The molecule has 0 heterocycles. The molecule has 0 amide bonds. The van der Waals surface area contributed by atoms with Crippen LogP contribution >= 0.6 is 7.60 Å². The first-order chi connectivity index (χ1) is 14.1. The van der Waals surface area contributed by atoms with Gasteiger partial charge in [-0.25, -0.2) is 0 Å². The summed E-state index contributed by atoms with van der Waals surface area (Å²) in [5.74, 6) is 0. The molecule has 7 heteroatoms. The van der Waals surface area contributed by atoms with E-state index in [1.54, 1.807) is 0 Å². The number of quaternary nitrogens is 1. The highest BCUT2D eigenvalue weighted by Gasteiger charge is 2.25. The van der Waals surface area contributed by atoms with Gasteiger partial charge in [-0.2, -0.15) is 0 Å². The lowest BCUT2D eigenvalue weighted by Gasteiger charge is -2.25. The maximum Gasteiger partial charge on any atom is 0.333 e. The van der Waals surface area contributed by atoms with Crippen LogP contribution in [0.25, 0.3) is 0 Å². The Morgan fingerprint density at radius 1 is 0.867 bits per heavy atom. The summed E-state index contributed by atoms with van der Waals surface area (Å²) in [5.41, 5.74) is 5.94. The first-order valence-electron chi connectivity index (χ1n) is 12.3. The Kier molecular flexibility index (Phi) is 17.6. The van der Waals surface area contributed by atoms with Crippen LogP contribution < -0.4 is 5.73 Å². The summed E-state index contributed by atoms with van der Waals surface area (Å²) in [7, 11) is 2.24. The van der Waals surface area contributed by atoms with Gasteiger partial charge in [0.1, 0.15) is 0 Å². The highest BCUT2D eigenvalue weighted by Crippen LogP contribution is 2.41. The van der Waals surface area contributed by atoms with Crippen molar-refractivity contribution in [2.24, 2.45) is 5.73 Å². The average molecular weight is 452 g/mol. The molecule has 0 aromatic rings. The smallest absolute Gasteiger partial charge is 0.333 e. The second kappa shape index (κ2) is 17.6. The van der Waals surface area contributed by atoms with E-state index in [0.29, 0.717) is 17.4 Å². The van der Waals surface area contributed by atoms with E-state index in [1.807, 2.05) is 21.1 Å². The maximum absolute atomic E-state index is 12.1. The van der Waals surface area contributed by atoms with Crippen molar-refractivity contribution in [1.29, 1.82) is 0 Å². The summed E-state index contributed by atoms with van der Waals surface area (Å²) in [6, 6.07) is -0.619. The predicted octanol–water partition coefficient (Wildman–Crippen LogP) is 5.06. The van der Waals surface area contributed by atoms with Gasteiger partial charge in [-0.15, -0.1) is 0 Å². The number of nitrogens with two attached hydrogens (primary N) is 1. The minimum Gasteiger partial charge on any atom is -0.391 e. The fraction of sp³-hybridized carbons (Fsp3) is 1.00. The normalized spacial score (nSPS) is 16.4. The molecule has 1 unspecified atom stereocenters. The Hall–Kier alpha value is 0.0300. The highest BCUT2D eigenvalue weighted by atomic mass is 31.2. The minimum atomic E-state index is -3.65. The van der Waals surface area contributed by atoms with Gasteiger partial charge in [-0.05, 0) is 6.42 Å². The Morgan fingerprint density at radius 3 is 1.73 bits per heavy atom. The Bertz CT molecular complexity index is 443. The van der Waals surface area contributed by atoms with Crippen molar-refractivity contribution in [2.45, 2.75) is 109 Å². The summed E-state index contributed by atoms with van der Waals surface area (Å²) in [6.45, 7) is 2.73. The van der Waals surface area contributed by atoms with E-state index in [1.165, 1.54) is 70.6 Å². The highest BCUT2D eigenvalue weighted by molar-refractivity contribution is 7.52. The van der Waals surface area contributed by atoms with Crippen LogP contribution in [0.3, 0.4) is 0 Å². The van der Waals surface area contributed by atoms with Crippen molar-refractivity contribution in [3.05, 3.63) is 0 Å². The molecule has 0 aliphatic heterocycles. The monoisotopic (exact) mass is 451 g/mol. The molecule has 182 valence electrons. The maximum atomic E-state index is 12.1. The molecule has 0 bridgehead atoms. The van der Waals surface area contributed by atoms with Crippen LogP contribution in [0.4, 0.5) is 0 Å². The molecule has 0 aliphatic carbocycles. The van der Waals surface area contributed by atoms with E-state index in [4.69, 9.17) is 10.3 Å². The molecule has 0 spiro atoms. The van der Waals surface area contributed by atoms with E-state index in [-0.39, 0.29) is 12.8 Å². The van der Waals surface area contributed by atoms with E-state index in [9.17, 15) is 14.6 Å². The molecule has 0 saturated heterocycles. The summed E-state index contributed by atoms with van der Waals surface area (Å²) in [5, 5.41) is 10.2. The van der Waals surface area contributed by atoms with Crippen molar-refractivity contribution >= 4 is 7.60 Å². The van der Waals surface area contributed by atoms with E-state index in [2.05, 4.69) is 6.92 Å². The molecular weight excluding hydrogens is 399 g/mol. The third kappa shape index (κ3) is 20.0. The molecule has 0 aromatic heterocycles. The quantitative estimate of drug-likeness (QED) is 0.129. The van der Waals surface area contributed by atoms with Gasteiger partial charge < -0.3 is 24.7 Å². The molecule has 0 saturated carbocycles. The lowest BCUT2D eigenvalue weighted by Crippen LogP contribution is -2.39. The third-order valence-electron chi connectivity index (χ3n) is 5.62. The number of aliphatic hydroxyl groups is 1. The molecule has 6 nitrogen and oxygen atoms in total. The van der Waals surface area contributed by atoms with Crippen molar-refractivity contribution in [3.63, 3.8) is 0 Å². The minimum absolute atomic E-state index is 0.0788. The van der Waals surface area contributed by atoms with Gasteiger partial charge in [0.25, 0.3) is 0 Å². The first kappa shape index (κ1) is 30.0. The van der Waals surface area contributed by atoms with Crippen LogP contribution in [-0.4, -0.2) is 67.1 Å². The van der Waals surface area contributed by atoms with Crippen LogP contribution in [0, 0.1) is 0 Å². The summed E-state index contributed by atoms with van der Waals surface area (Å²) in [4.78, 5) is 9.89. The van der Waals surface area contributed by atoms with Crippen LogP contribution in [0.5, 0.6) is 0 Å². The lowest BCUT2D eigenvalue weighted by atomic mass is 10.0. The molecule has 0 rings (SSSR count). The van der Waals surface area contributed by atoms with E-state index >= 15 is 0 Å². The lowest BCUT2D eigenvalue weighted by molar-refractivity contribution is -0.867. The average Bonchev–Trinajstić information content (AvgIpc) is 2.67. The fourth-order valence-corrected chi connectivity index (χ4v) is 4.78. The van der Waals surface area contributed by atoms with Gasteiger partial charge in [0.2, 0.25) is 0 Å². The molecule has 0 aromatic carbocycles.